The van der Waals surface area contributed by atoms with Crippen LogP contribution in [0, 0.1) is 5.92 Å². The van der Waals surface area contributed by atoms with E-state index in [1.807, 2.05) is 0 Å². The molecule has 1 unspecified atom stereocenters. The summed E-state index contributed by atoms with van der Waals surface area (Å²) in [6, 6.07) is 0.406. The van der Waals surface area contributed by atoms with E-state index in [-0.39, 0.29) is 5.91 Å². The molecule has 0 radical (unpaired) electrons. The van der Waals surface area contributed by atoms with Crippen LogP contribution in [0.1, 0.15) is 39.5 Å². The molecule has 1 amide bonds. The number of carbonyl (C=O) groups excluding carboxylic acids is 1. The quantitative estimate of drug-likeness (QED) is 0.598. The summed E-state index contributed by atoms with van der Waals surface area (Å²) in [5, 5.41) is 3.01. The maximum Gasteiger partial charge on any atom is 0.220 e. The molecule has 0 aromatic rings. The number of carbonyl (C=O) groups is 1. The molecule has 0 rings (SSSR count). The lowest BCUT2D eigenvalue weighted by Gasteiger charge is -2.28. The molecule has 0 fully saturated rings. The fourth-order valence-corrected chi connectivity index (χ4v) is 1.93. The molecule has 17 heavy (non-hydrogen) atoms. The maximum absolute atomic E-state index is 11.6. The molecule has 1 atom stereocenters. The van der Waals surface area contributed by atoms with Crippen LogP contribution in [0.25, 0.3) is 0 Å². The number of nitrogens with zero attached hydrogens (tertiary/aromatic N) is 1. The van der Waals surface area contributed by atoms with Crippen molar-refractivity contribution in [3.05, 3.63) is 0 Å². The van der Waals surface area contributed by atoms with E-state index in [1.54, 1.807) is 0 Å². The Bertz CT molecular complexity index is 197. The van der Waals surface area contributed by atoms with Gasteiger partial charge in [-0.3, -0.25) is 4.79 Å². The molecular weight excluding hydrogens is 214 g/mol. The summed E-state index contributed by atoms with van der Waals surface area (Å²) in [5.41, 5.74) is 5.40. The first-order chi connectivity index (χ1) is 7.99. The highest BCUT2D eigenvalue weighted by Gasteiger charge is 2.16. The largest absolute Gasteiger partial charge is 0.355 e. The molecule has 0 spiro atoms. The van der Waals surface area contributed by atoms with Crippen molar-refractivity contribution in [2.75, 3.05) is 27.2 Å². The highest BCUT2D eigenvalue weighted by atomic mass is 16.1. The lowest BCUT2D eigenvalue weighted by Crippen LogP contribution is -2.43. The van der Waals surface area contributed by atoms with Gasteiger partial charge in [-0.05, 0) is 39.4 Å². The second-order valence-corrected chi connectivity index (χ2v) is 5.18. The Morgan fingerprint density at radius 2 is 1.88 bits per heavy atom. The maximum atomic E-state index is 11.6. The van der Waals surface area contributed by atoms with Crippen LogP contribution in [0.3, 0.4) is 0 Å². The second-order valence-electron chi connectivity index (χ2n) is 5.18. The third-order valence-corrected chi connectivity index (χ3v) is 3.05. The molecule has 0 aromatic heterocycles. The predicted molar refractivity (Wildman–Crippen MR) is 72.8 cm³/mol. The van der Waals surface area contributed by atoms with E-state index in [1.165, 1.54) is 0 Å². The first-order valence-corrected chi connectivity index (χ1v) is 6.62. The van der Waals surface area contributed by atoms with Crippen LogP contribution in [0.2, 0.25) is 0 Å². The first kappa shape index (κ1) is 16.4. The van der Waals surface area contributed by atoms with Crippen molar-refractivity contribution in [1.82, 2.24) is 10.2 Å². The molecule has 0 saturated carbocycles. The number of unbranched alkanes of at least 4 members (excludes halogenated alkanes) is 2. The van der Waals surface area contributed by atoms with Crippen molar-refractivity contribution in [3.63, 3.8) is 0 Å². The monoisotopic (exact) mass is 243 g/mol. The lowest BCUT2D eigenvalue weighted by atomic mass is 10.0. The molecule has 102 valence electrons. The van der Waals surface area contributed by atoms with Gasteiger partial charge in [0.15, 0.2) is 0 Å². The van der Waals surface area contributed by atoms with Gasteiger partial charge in [0.25, 0.3) is 0 Å². The number of hydrogen-bond acceptors (Lipinski definition) is 3. The Kier molecular flexibility index (Phi) is 9.09. The first-order valence-electron chi connectivity index (χ1n) is 6.62. The van der Waals surface area contributed by atoms with Gasteiger partial charge < -0.3 is 16.0 Å². The number of likely N-dealkylation sites (N-methyl/N-ethyl adjacent to an activating group) is 1. The fraction of sp³-hybridized carbons (Fsp3) is 0.923. The van der Waals surface area contributed by atoms with Crippen LogP contribution in [0.4, 0.5) is 0 Å². The van der Waals surface area contributed by atoms with Gasteiger partial charge in [-0.25, -0.2) is 0 Å². The van der Waals surface area contributed by atoms with Crippen molar-refractivity contribution >= 4 is 5.91 Å². The molecule has 3 N–H and O–H groups in total. The summed E-state index contributed by atoms with van der Waals surface area (Å²) in [6.45, 7) is 5.81. The number of rotatable bonds is 9. The zero-order chi connectivity index (χ0) is 13.3. The topological polar surface area (TPSA) is 58.4 Å². The molecule has 0 saturated heterocycles. The average Bonchev–Trinajstić information content (AvgIpc) is 2.23. The van der Waals surface area contributed by atoms with Crippen molar-refractivity contribution in [3.8, 4) is 0 Å². The van der Waals surface area contributed by atoms with Gasteiger partial charge in [-0.2, -0.15) is 0 Å². The Morgan fingerprint density at radius 1 is 1.24 bits per heavy atom. The summed E-state index contributed by atoms with van der Waals surface area (Å²) in [6.07, 6.45) is 3.63. The standard InChI is InChI=1S/C13H29N3O/c1-11(2)12(16(3)4)10-15-13(17)8-6-5-7-9-14/h11-12H,5-10,14H2,1-4H3,(H,15,17). The normalized spacial score (nSPS) is 13.1. The molecule has 0 aromatic carbocycles. The number of nitrogens with one attached hydrogen (secondary N) is 1. The Labute approximate surface area is 106 Å². The van der Waals surface area contributed by atoms with Gasteiger partial charge in [0.05, 0.1) is 0 Å². The van der Waals surface area contributed by atoms with Gasteiger partial charge in [0, 0.05) is 19.0 Å². The number of nitrogens with two attached hydrogens (primary N) is 1. The van der Waals surface area contributed by atoms with Crippen molar-refractivity contribution in [2.45, 2.75) is 45.6 Å². The fourth-order valence-electron chi connectivity index (χ4n) is 1.93. The van der Waals surface area contributed by atoms with Crippen molar-refractivity contribution in [1.29, 1.82) is 0 Å². The molecule has 0 heterocycles. The molecule has 0 aliphatic heterocycles. The Balaban J connectivity index is 3.73. The van der Waals surface area contributed by atoms with Crippen LogP contribution in [-0.4, -0.2) is 44.0 Å². The SMILES string of the molecule is CC(C)C(CNC(=O)CCCCCN)N(C)C. The minimum absolute atomic E-state index is 0.162. The van der Waals surface area contributed by atoms with E-state index < -0.39 is 0 Å². The average molecular weight is 243 g/mol. The molecule has 0 aliphatic carbocycles. The lowest BCUT2D eigenvalue weighted by molar-refractivity contribution is -0.121. The molecular formula is C13H29N3O. The van der Waals surface area contributed by atoms with Crippen molar-refractivity contribution in [2.24, 2.45) is 11.7 Å². The molecule has 0 bridgehead atoms. The summed E-state index contributed by atoms with van der Waals surface area (Å²) < 4.78 is 0. The van der Waals surface area contributed by atoms with Crippen LogP contribution in [-0.2, 0) is 4.79 Å². The second kappa shape index (κ2) is 9.42. The van der Waals surface area contributed by atoms with Crippen LogP contribution in [0.5, 0.6) is 0 Å². The van der Waals surface area contributed by atoms with Crippen LogP contribution < -0.4 is 11.1 Å². The highest BCUT2D eigenvalue weighted by molar-refractivity contribution is 5.75. The Morgan fingerprint density at radius 3 is 2.35 bits per heavy atom. The minimum Gasteiger partial charge on any atom is -0.355 e. The van der Waals surface area contributed by atoms with Crippen LogP contribution >= 0.6 is 0 Å². The predicted octanol–water partition coefficient (Wildman–Crippen LogP) is 1.21. The smallest absolute Gasteiger partial charge is 0.220 e. The highest BCUT2D eigenvalue weighted by Crippen LogP contribution is 2.06. The summed E-state index contributed by atoms with van der Waals surface area (Å²) in [4.78, 5) is 13.8. The third-order valence-electron chi connectivity index (χ3n) is 3.05. The van der Waals surface area contributed by atoms with E-state index in [0.717, 1.165) is 32.4 Å². The summed E-state index contributed by atoms with van der Waals surface area (Å²) in [5.74, 6) is 0.706. The van der Waals surface area contributed by atoms with E-state index in [9.17, 15) is 4.79 Å². The van der Waals surface area contributed by atoms with E-state index in [4.69, 9.17) is 5.73 Å². The van der Waals surface area contributed by atoms with Gasteiger partial charge in [0.1, 0.15) is 0 Å². The van der Waals surface area contributed by atoms with Gasteiger partial charge in [-0.15, -0.1) is 0 Å². The molecule has 4 nitrogen and oxygen atoms in total. The zero-order valence-corrected chi connectivity index (χ0v) is 11.8. The molecule has 4 heteroatoms. The summed E-state index contributed by atoms with van der Waals surface area (Å²) in [7, 11) is 4.11. The minimum atomic E-state index is 0.162. The van der Waals surface area contributed by atoms with Gasteiger partial charge in [0.2, 0.25) is 5.91 Å². The van der Waals surface area contributed by atoms with E-state index in [0.29, 0.717) is 18.4 Å². The summed E-state index contributed by atoms with van der Waals surface area (Å²) >= 11 is 0. The number of hydrogen-bond donors (Lipinski definition) is 2. The zero-order valence-electron chi connectivity index (χ0n) is 11.8. The van der Waals surface area contributed by atoms with E-state index >= 15 is 0 Å². The van der Waals surface area contributed by atoms with E-state index in [2.05, 4.69) is 38.2 Å². The Hall–Kier alpha value is -0.610. The molecule has 0 aliphatic rings. The number of amides is 1. The van der Waals surface area contributed by atoms with Crippen molar-refractivity contribution < 1.29 is 4.79 Å². The van der Waals surface area contributed by atoms with Gasteiger partial charge in [-0.1, -0.05) is 20.3 Å². The van der Waals surface area contributed by atoms with Gasteiger partial charge >= 0.3 is 0 Å². The van der Waals surface area contributed by atoms with Crippen LogP contribution in [0.15, 0.2) is 0 Å². The third kappa shape index (κ3) is 8.16.